The first-order chi connectivity index (χ1) is 16.5. The average molecular weight is 458 g/mol. The predicted molar refractivity (Wildman–Crippen MR) is 131 cm³/mol. The van der Waals surface area contributed by atoms with Crippen LogP contribution in [-0.2, 0) is 11.3 Å². The van der Waals surface area contributed by atoms with Gasteiger partial charge < -0.3 is 10.2 Å². The molecule has 7 heteroatoms. The smallest absolute Gasteiger partial charge is 0.223 e. The number of aryl methyl sites for hydroxylation is 2. The first kappa shape index (κ1) is 22.1. The molecule has 3 heterocycles. The number of nitrogens with zero attached hydrogens (tertiary/aromatic N) is 4. The SMILES string of the molecule is Cc1cc(N2CCC(C(=O)NCc3ccccc3C)CC2)n2nc(-c3ccccc3F)cc2n1. The number of hydrogen-bond donors (Lipinski definition) is 1. The quantitative estimate of drug-likeness (QED) is 0.473. The van der Waals surface area contributed by atoms with E-state index in [2.05, 4.69) is 39.4 Å². The molecule has 0 atom stereocenters. The highest BCUT2D eigenvalue weighted by atomic mass is 19.1. The molecule has 34 heavy (non-hydrogen) atoms. The second-order valence-corrected chi connectivity index (χ2v) is 8.94. The van der Waals surface area contributed by atoms with Gasteiger partial charge in [0.1, 0.15) is 11.6 Å². The molecule has 4 aromatic rings. The molecule has 0 aliphatic carbocycles. The zero-order chi connectivity index (χ0) is 23.7. The molecule has 2 aromatic carbocycles. The summed E-state index contributed by atoms with van der Waals surface area (Å²) in [6.07, 6.45) is 1.54. The monoisotopic (exact) mass is 457 g/mol. The van der Waals surface area contributed by atoms with Crippen LogP contribution in [0, 0.1) is 25.6 Å². The van der Waals surface area contributed by atoms with Gasteiger partial charge in [-0.1, -0.05) is 36.4 Å². The summed E-state index contributed by atoms with van der Waals surface area (Å²) in [5, 5.41) is 7.79. The van der Waals surface area contributed by atoms with Gasteiger partial charge in [0.25, 0.3) is 0 Å². The Labute approximate surface area is 198 Å². The van der Waals surface area contributed by atoms with Crippen LogP contribution in [0.3, 0.4) is 0 Å². The van der Waals surface area contributed by atoms with Crippen LogP contribution in [0.2, 0.25) is 0 Å². The molecule has 0 unspecified atom stereocenters. The van der Waals surface area contributed by atoms with Crippen LogP contribution >= 0.6 is 0 Å². The van der Waals surface area contributed by atoms with Crippen molar-refractivity contribution in [2.75, 3.05) is 18.0 Å². The Hall–Kier alpha value is -3.74. The maximum Gasteiger partial charge on any atom is 0.223 e. The van der Waals surface area contributed by atoms with Crippen molar-refractivity contribution < 1.29 is 9.18 Å². The molecule has 0 saturated carbocycles. The number of nitrogens with one attached hydrogen (secondary N) is 1. The van der Waals surface area contributed by atoms with Crippen molar-refractivity contribution in [1.82, 2.24) is 19.9 Å². The molecule has 1 aliphatic rings. The summed E-state index contributed by atoms with van der Waals surface area (Å²) in [5.41, 5.74) is 4.91. The van der Waals surface area contributed by atoms with Crippen molar-refractivity contribution in [3.05, 3.63) is 83.3 Å². The van der Waals surface area contributed by atoms with Gasteiger partial charge in [0.15, 0.2) is 5.65 Å². The maximum absolute atomic E-state index is 14.3. The molecule has 1 N–H and O–H groups in total. The van der Waals surface area contributed by atoms with E-state index in [9.17, 15) is 9.18 Å². The fraction of sp³-hybridized carbons (Fsp3) is 0.296. The summed E-state index contributed by atoms with van der Waals surface area (Å²) in [6, 6.07) is 18.6. The van der Waals surface area contributed by atoms with E-state index in [0.717, 1.165) is 43.0 Å². The maximum atomic E-state index is 14.3. The number of halogens is 1. The van der Waals surface area contributed by atoms with Crippen LogP contribution in [0.5, 0.6) is 0 Å². The van der Waals surface area contributed by atoms with Gasteiger partial charge in [-0.2, -0.15) is 9.61 Å². The molecule has 0 bridgehead atoms. The van der Waals surface area contributed by atoms with E-state index in [4.69, 9.17) is 0 Å². The van der Waals surface area contributed by atoms with Gasteiger partial charge in [0.2, 0.25) is 5.91 Å². The van der Waals surface area contributed by atoms with E-state index in [-0.39, 0.29) is 17.6 Å². The Kier molecular flexibility index (Phi) is 6.01. The molecule has 1 saturated heterocycles. The van der Waals surface area contributed by atoms with Gasteiger partial charge in [-0.3, -0.25) is 4.79 Å². The van der Waals surface area contributed by atoms with Crippen LogP contribution in [0.4, 0.5) is 10.2 Å². The molecular formula is C27H28FN5O. The average Bonchev–Trinajstić information content (AvgIpc) is 3.27. The number of fused-ring (bicyclic) bond motifs is 1. The lowest BCUT2D eigenvalue weighted by Gasteiger charge is -2.33. The number of piperidine rings is 1. The highest BCUT2D eigenvalue weighted by Crippen LogP contribution is 2.28. The minimum atomic E-state index is -0.304. The number of anilines is 1. The van der Waals surface area contributed by atoms with E-state index in [0.29, 0.717) is 23.4 Å². The number of aromatic nitrogens is 3. The first-order valence-corrected chi connectivity index (χ1v) is 11.7. The second-order valence-electron chi connectivity index (χ2n) is 8.94. The third kappa shape index (κ3) is 4.38. The van der Waals surface area contributed by atoms with Crippen molar-refractivity contribution in [3.8, 4) is 11.3 Å². The highest BCUT2D eigenvalue weighted by Gasteiger charge is 2.27. The molecule has 1 fully saturated rings. The van der Waals surface area contributed by atoms with E-state index in [1.165, 1.54) is 11.6 Å². The fourth-order valence-electron chi connectivity index (χ4n) is 4.61. The zero-order valence-corrected chi connectivity index (χ0v) is 19.5. The fourth-order valence-corrected chi connectivity index (χ4v) is 4.61. The largest absolute Gasteiger partial charge is 0.356 e. The summed E-state index contributed by atoms with van der Waals surface area (Å²) in [7, 11) is 0. The second kappa shape index (κ2) is 9.25. The van der Waals surface area contributed by atoms with Crippen molar-refractivity contribution >= 4 is 17.4 Å². The summed E-state index contributed by atoms with van der Waals surface area (Å²) >= 11 is 0. The molecule has 6 nitrogen and oxygen atoms in total. The standard InChI is InChI=1S/C27H28FN5O/c1-18-7-3-4-8-21(18)17-29-27(34)20-11-13-32(14-12-20)26-15-19(2)30-25-16-24(31-33(25)26)22-9-5-6-10-23(22)28/h3-10,15-16,20H,11-14,17H2,1-2H3,(H,29,34). The zero-order valence-electron chi connectivity index (χ0n) is 19.5. The number of carbonyl (C=O) groups is 1. The molecular weight excluding hydrogens is 429 g/mol. The van der Waals surface area contributed by atoms with Gasteiger partial charge >= 0.3 is 0 Å². The van der Waals surface area contributed by atoms with Gasteiger partial charge in [0, 0.05) is 48.9 Å². The Morgan fingerprint density at radius 1 is 1.06 bits per heavy atom. The Bertz CT molecular complexity index is 1340. The highest BCUT2D eigenvalue weighted by molar-refractivity contribution is 5.79. The van der Waals surface area contributed by atoms with Crippen LogP contribution in [-0.4, -0.2) is 33.6 Å². The number of hydrogen-bond acceptors (Lipinski definition) is 4. The molecule has 2 aromatic heterocycles. The summed E-state index contributed by atoms with van der Waals surface area (Å²) < 4.78 is 16.1. The van der Waals surface area contributed by atoms with Gasteiger partial charge in [-0.05, 0) is 49.9 Å². The topological polar surface area (TPSA) is 62.5 Å². The third-order valence-corrected chi connectivity index (χ3v) is 6.59. The van der Waals surface area contributed by atoms with Crippen LogP contribution in [0.1, 0.15) is 29.7 Å². The lowest BCUT2D eigenvalue weighted by molar-refractivity contribution is -0.125. The number of carbonyl (C=O) groups excluding carboxylic acids is 1. The molecule has 0 spiro atoms. The third-order valence-electron chi connectivity index (χ3n) is 6.59. The lowest BCUT2D eigenvalue weighted by Crippen LogP contribution is -2.41. The van der Waals surface area contributed by atoms with Gasteiger partial charge in [0.05, 0.1) is 5.69 Å². The molecule has 1 amide bonds. The molecule has 174 valence electrons. The number of rotatable bonds is 5. The van der Waals surface area contributed by atoms with E-state index < -0.39 is 0 Å². The van der Waals surface area contributed by atoms with E-state index >= 15 is 0 Å². The van der Waals surface area contributed by atoms with Crippen LogP contribution < -0.4 is 10.2 Å². The van der Waals surface area contributed by atoms with Crippen molar-refractivity contribution in [1.29, 1.82) is 0 Å². The van der Waals surface area contributed by atoms with Crippen molar-refractivity contribution in [2.24, 2.45) is 5.92 Å². The summed E-state index contributed by atoms with van der Waals surface area (Å²) in [5.74, 6) is 0.718. The Morgan fingerprint density at radius 3 is 2.56 bits per heavy atom. The van der Waals surface area contributed by atoms with Crippen molar-refractivity contribution in [3.63, 3.8) is 0 Å². The normalized spacial score (nSPS) is 14.5. The lowest BCUT2D eigenvalue weighted by atomic mass is 9.95. The van der Waals surface area contributed by atoms with Gasteiger partial charge in [-0.15, -0.1) is 0 Å². The first-order valence-electron chi connectivity index (χ1n) is 11.7. The Balaban J connectivity index is 1.30. The minimum Gasteiger partial charge on any atom is -0.356 e. The summed E-state index contributed by atoms with van der Waals surface area (Å²) in [4.78, 5) is 19.6. The molecule has 0 radical (unpaired) electrons. The Morgan fingerprint density at radius 2 is 1.79 bits per heavy atom. The van der Waals surface area contributed by atoms with E-state index in [1.807, 2.05) is 31.2 Å². The molecule has 5 rings (SSSR count). The van der Waals surface area contributed by atoms with Crippen LogP contribution in [0.25, 0.3) is 16.9 Å². The van der Waals surface area contributed by atoms with Crippen LogP contribution in [0.15, 0.2) is 60.7 Å². The number of benzene rings is 2. The van der Waals surface area contributed by atoms with E-state index in [1.54, 1.807) is 22.7 Å². The molecule has 1 aliphatic heterocycles. The minimum absolute atomic E-state index is 0.00899. The predicted octanol–water partition coefficient (Wildman–Crippen LogP) is 4.69. The summed E-state index contributed by atoms with van der Waals surface area (Å²) in [6.45, 7) is 6.06. The number of amides is 1. The van der Waals surface area contributed by atoms with Gasteiger partial charge in [-0.25, -0.2) is 9.37 Å². The van der Waals surface area contributed by atoms with Crippen molar-refractivity contribution in [2.45, 2.75) is 33.2 Å².